The van der Waals surface area contributed by atoms with Gasteiger partial charge in [0.15, 0.2) is 5.78 Å². The smallest absolute Gasteiger partial charge is 0.152 e. The number of nitrogens with one attached hydrogen (secondary N) is 1. The third kappa shape index (κ3) is 3.51. The zero-order valence-electron chi connectivity index (χ0n) is 8.03. The summed E-state index contributed by atoms with van der Waals surface area (Å²) in [5.74, 6) is 0.283. The van der Waals surface area contributed by atoms with Crippen molar-refractivity contribution in [1.82, 2.24) is 5.32 Å². The normalized spacial score (nSPS) is 11.6. The van der Waals surface area contributed by atoms with Gasteiger partial charge < -0.3 is 5.32 Å². The van der Waals surface area contributed by atoms with Gasteiger partial charge in [0.2, 0.25) is 0 Å². The number of hydrogen-bond donors (Lipinski definition) is 1. The molecule has 0 unspecified atom stereocenters. The lowest BCUT2D eigenvalue weighted by Crippen LogP contribution is -2.46. The Morgan fingerprint density at radius 3 is 2.27 bits per heavy atom. The second-order valence-electron chi connectivity index (χ2n) is 3.33. The van der Waals surface area contributed by atoms with Gasteiger partial charge in [-0.25, -0.2) is 0 Å². The number of carbonyl (C=O) groups is 1. The first-order chi connectivity index (χ1) is 5.04. The van der Waals surface area contributed by atoms with Crippen molar-refractivity contribution < 1.29 is 4.79 Å². The van der Waals surface area contributed by atoms with Gasteiger partial charge in [-0.15, -0.1) is 0 Å². The fraction of sp³-hybridized carbons (Fsp3) is 0.889. The van der Waals surface area contributed by atoms with E-state index in [1.807, 2.05) is 20.8 Å². The van der Waals surface area contributed by atoms with E-state index < -0.39 is 0 Å². The highest BCUT2D eigenvalue weighted by molar-refractivity contribution is 5.87. The van der Waals surface area contributed by atoms with Gasteiger partial charge >= 0.3 is 0 Å². The van der Waals surface area contributed by atoms with Crippen molar-refractivity contribution in [1.29, 1.82) is 0 Å². The average Bonchev–Trinajstić information content (AvgIpc) is 1.99. The van der Waals surface area contributed by atoms with Gasteiger partial charge in [-0.2, -0.15) is 0 Å². The van der Waals surface area contributed by atoms with Crippen molar-refractivity contribution in [2.75, 3.05) is 6.54 Å². The standard InChI is InChI=1S/C9H19NO/c1-5-7-10-9(3,4)8(11)6-2/h10H,5-7H2,1-4H3. The van der Waals surface area contributed by atoms with Crippen molar-refractivity contribution in [2.45, 2.75) is 46.1 Å². The summed E-state index contributed by atoms with van der Waals surface area (Å²) >= 11 is 0. The summed E-state index contributed by atoms with van der Waals surface area (Å²) in [6.07, 6.45) is 1.68. The summed E-state index contributed by atoms with van der Waals surface area (Å²) < 4.78 is 0. The van der Waals surface area contributed by atoms with E-state index in [0.717, 1.165) is 13.0 Å². The van der Waals surface area contributed by atoms with Gasteiger partial charge in [0, 0.05) is 6.42 Å². The minimum atomic E-state index is -0.329. The molecule has 0 aromatic carbocycles. The molecule has 0 aliphatic rings. The Bertz CT molecular complexity index is 130. The molecule has 0 aliphatic heterocycles. The Hall–Kier alpha value is -0.370. The van der Waals surface area contributed by atoms with E-state index in [4.69, 9.17) is 0 Å². The third-order valence-corrected chi connectivity index (χ3v) is 1.84. The zero-order valence-corrected chi connectivity index (χ0v) is 8.03. The number of Topliss-reactive ketones (excluding diaryl/α,β-unsaturated/α-hetero) is 1. The van der Waals surface area contributed by atoms with Gasteiger partial charge in [0.05, 0.1) is 5.54 Å². The fourth-order valence-corrected chi connectivity index (χ4v) is 0.978. The van der Waals surface area contributed by atoms with Crippen LogP contribution < -0.4 is 5.32 Å². The van der Waals surface area contributed by atoms with Crippen LogP contribution in [0, 0.1) is 0 Å². The molecule has 0 saturated carbocycles. The molecule has 0 fully saturated rings. The molecule has 2 heteroatoms. The summed E-state index contributed by atoms with van der Waals surface area (Å²) in [5, 5.41) is 3.21. The molecule has 0 radical (unpaired) electrons. The van der Waals surface area contributed by atoms with E-state index in [1.54, 1.807) is 0 Å². The maximum atomic E-state index is 11.3. The van der Waals surface area contributed by atoms with E-state index in [0.29, 0.717) is 6.42 Å². The van der Waals surface area contributed by atoms with Crippen LogP contribution >= 0.6 is 0 Å². The highest BCUT2D eigenvalue weighted by Crippen LogP contribution is 2.05. The van der Waals surface area contributed by atoms with Crippen molar-refractivity contribution >= 4 is 5.78 Å². The Morgan fingerprint density at radius 1 is 1.36 bits per heavy atom. The maximum Gasteiger partial charge on any atom is 0.152 e. The number of rotatable bonds is 5. The molecule has 0 aromatic rings. The lowest BCUT2D eigenvalue weighted by molar-refractivity contribution is -0.123. The Morgan fingerprint density at radius 2 is 1.91 bits per heavy atom. The van der Waals surface area contributed by atoms with Crippen molar-refractivity contribution in [3.8, 4) is 0 Å². The highest BCUT2D eigenvalue weighted by Gasteiger charge is 2.23. The summed E-state index contributed by atoms with van der Waals surface area (Å²) in [5.41, 5.74) is -0.329. The molecule has 1 N–H and O–H groups in total. The van der Waals surface area contributed by atoms with Crippen molar-refractivity contribution in [3.05, 3.63) is 0 Å². The van der Waals surface area contributed by atoms with Gasteiger partial charge in [-0.3, -0.25) is 4.79 Å². The molecule has 0 atom stereocenters. The predicted molar refractivity (Wildman–Crippen MR) is 47.7 cm³/mol. The predicted octanol–water partition coefficient (Wildman–Crippen LogP) is 1.74. The van der Waals surface area contributed by atoms with E-state index in [1.165, 1.54) is 0 Å². The average molecular weight is 157 g/mol. The first-order valence-electron chi connectivity index (χ1n) is 4.33. The van der Waals surface area contributed by atoms with Crippen LogP contribution in [0.3, 0.4) is 0 Å². The van der Waals surface area contributed by atoms with E-state index in [9.17, 15) is 4.79 Å². The molecule has 2 nitrogen and oxygen atoms in total. The van der Waals surface area contributed by atoms with Crippen LogP contribution in [0.1, 0.15) is 40.5 Å². The molecule has 0 amide bonds. The highest BCUT2D eigenvalue weighted by atomic mass is 16.1. The van der Waals surface area contributed by atoms with Crippen LogP contribution in [0.4, 0.5) is 0 Å². The lowest BCUT2D eigenvalue weighted by atomic mass is 9.97. The Kier molecular flexibility index (Phi) is 4.34. The van der Waals surface area contributed by atoms with Gasteiger partial charge in [0.1, 0.15) is 0 Å². The van der Waals surface area contributed by atoms with Crippen LogP contribution in [0.15, 0.2) is 0 Å². The van der Waals surface area contributed by atoms with Crippen LogP contribution in [0.25, 0.3) is 0 Å². The van der Waals surface area contributed by atoms with Crippen LogP contribution in [-0.4, -0.2) is 17.9 Å². The van der Waals surface area contributed by atoms with Crippen LogP contribution in [-0.2, 0) is 4.79 Å². The van der Waals surface area contributed by atoms with Crippen LogP contribution in [0.5, 0.6) is 0 Å². The van der Waals surface area contributed by atoms with Crippen molar-refractivity contribution in [3.63, 3.8) is 0 Å². The molecule has 0 spiro atoms. The number of hydrogen-bond acceptors (Lipinski definition) is 2. The monoisotopic (exact) mass is 157 g/mol. The molecule has 0 bridgehead atoms. The van der Waals surface area contributed by atoms with Gasteiger partial charge in [-0.05, 0) is 26.8 Å². The van der Waals surface area contributed by atoms with Crippen LogP contribution in [0.2, 0.25) is 0 Å². The molecule has 0 rings (SSSR count). The second-order valence-corrected chi connectivity index (χ2v) is 3.33. The molecular formula is C9H19NO. The minimum Gasteiger partial charge on any atom is -0.305 e. The quantitative estimate of drug-likeness (QED) is 0.658. The minimum absolute atomic E-state index is 0.283. The zero-order chi connectivity index (χ0) is 8.91. The number of carbonyl (C=O) groups excluding carboxylic acids is 1. The molecule has 66 valence electrons. The molecule has 11 heavy (non-hydrogen) atoms. The lowest BCUT2D eigenvalue weighted by Gasteiger charge is -2.23. The molecular weight excluding hydrogens is 138 g/mol. The molecule has 0 aliphatic carbocycles. The second kappa shape index (κ2) is 4.50. The van der Waals surface area contributed by atoms with Gasteiger partial charge in [0.25, 0.3) is 0 Å². The van der Waals surface area contributed by atoms with E-state index in [-0.39, 0.29) is 11.3 Å². The number of ketones is 1. The maximum absolute atomic E-state index is 11.3. The summed E-state index contributed by atoms with van der Waals surface area (Å²) in [7, 11) is 0. The van der Waals surface area contributed by atoms with Gasteiger partial charge in [-0.1, -0.05) is 13.8 Å². The molecule has 0 saturated heterocycles. The fourth-order valence-electron chi connectivity index (χ4n) is 0.978. The summed E-state index contributed by atoms with van der Waals surface area (Å²) in [6, 6.07) is 0. The Balaban J connectivity index is 3.88. The third-order valence-electron chi connectivity index (χ3n) is 1.84. The van der Waals surface area contributed by atoms with E-state index in [2.05, 4.69) is 12.2 Å². The van der Waals surface area contributed by atoms with Crippen molar-refractivity contribution in [2.24, 2.45) is 0 Å². The Labute approximate surface area is 69.4 Å². The first kappa shape index (κ1) is 10.6. The summed E-state index contributed by atoms with van der Waals surface area (Å²) in [4.78, 5) is 11.3. The molecule has 0 aromatic heterocycles. The SMILES string of the molecule is CCCNC(C)(C)C(=O)CC. The topological polar surface area (TPSA) is 29.1 Å². The first-order valence-corrected chi connectivity index (χ1v) is 4.33. The summed E-state index contributed by atoms with van der Waals surface area (Å²) in [6.45, 7) is 8.79. The largest absolute Gasteiger partial charge is 0.305 e. The van der Waals surface area contributed by atoms with E-state index >= 15 is 0 Å². The molecule has 0 heterocycles.